The third-order valence-electron chi connectivity index (χ3n) is 2.34. The largest absolute Gasteiger partial charge is 0.461 e. The topological polar surface area (TPSA) is 70.1 Å². The lowest BCUT2D eigenvalue weighted by atomic mass is 10.3. The van der Waals surface area contributed by atoms with E-state index in [2.05, 4.69) is 4.98 Å². The van der Waals surface area contributed by atoms with Crippen LogP contribution >= 0.6 is 0 Å². The van der Waals surface area contributed by atoms with Crippen LogP contribution in [-0.2, 0) is 11.3 Å². The van der Waals surface area contributed by atoms with Crippen molar-refractivity contribution < 1.29 is 9.53 Å². The van der Waals surface area contributed by atoms with E-state index in [4.69, 9.17) is 10.5 Å². The summed E-state index contributed by atoms with van der Waals surface area (Å²) in [4.78, 5) is 15.8. The summed E-state index contributed by atoms with van der Waals surface area (Å²) in [6.07, 6.45) is 3.57. The molecule has 0 aliphatic rings. The Morgan fingerprint density at radius 1 is 1.56 bits per heavy atom. The number of nitrogens with two attached hydrogens (primary N) is 1. The highest BCUT2D eigenvalue weighted by Crippen LogP contribution is 2.09. The molecular formula is C11H19N3O2. The van der Waals surface area contributed by atoms with E-state index in [0.29, 0.717) is 24.5 Å². The number of carbonyl (C=O) groups excluding carboxylic acids is 1. The van der Waals surface area contributed by atoms with E-state index in [1.807, 2.05) is 11.5 Å². The molecule has 1 rings (SSSR count). The van der Waals surface area contributed by atoms with Crippen LogP contribution in [0.15, 0.2) is 6.33 Å². The van der Waals surface area contributed by atoms with Crippen molar-refractivity contribution in [1.82, 2.24) is 9.55 Å². The zero-order valence-electron chi connectivity index (χ0n) is 9.90. The monoisotopic (exact) mass is 225 g/mol. The Balaban J connectivity index is 2.73. The number of ether oxygens (including phenoxy) is 1. The second-order valence-corrected chi connectivity index (χ2v) is 3.59. The minimum atomic E-state index is -0.301. The van der Waals surface area contributed by atoms with Crippen molar-refractivity contribution in [3.05, 3.63) is 17.7 Å². The molecule has 0 amide bonds. The van der Waals surface area contributed by atoms with Crippen molar-refractivity contribution in [3.63, 3.8) is 0 Å². The first kappa shape index (κ1) is 12.7. The van der Waals surface area contributed by atoms with Crippen LogP contribution in [0.4, 0.5) is 0 Å². The Morgan fingerprint density at radius 3 is 2.94 bits per heavy atom. The number of aromatic nitrogens is 2. The molecule has 0 unspecified atom stereocenters. The summed E-state index contributed by atoms with van der Waals surface area (Å²) in [5.74, 6) is -0.301. The molecule has 5 heteroatoms. The molecule has 0 saturated heterocycles. The highest BCUT2D eigenvalue weighted by Gasteiger charge is 2.16. The van der Waals surface area contributed by atoms with E-state index in [0.717, 1.165) is 19.4 Å². The minimum Gasteiger partial charge on any atom is -0.461 e. The van der Waals surface area contributed by atoms with E-state index >= 15 is 0 Å². The molecule has 0 aliphatic heterocycles. The van der Waals surface area contributed by atoms with Gasteiger partial charge in [0.15, 0.2) is 0 Å². The fourth-order valence-electron chi connectivity index (χ4n) is 1.54. The summed E-state index contributed by atoms with van der Waals surface area (Å²) < 4.78 is 6.83. The van der Waals surface area contributed by atoms with E-state index in [9.17, 15) is 4.79 Å². The smallest absolute Gasteiger partial charge is 0.356 e. The van der Waals surface area contributed by atoms with Crippen molar-refractivity contribution in [2.24, 2.45) is 5.73 Å². The minimum absolute atomic E-state index is 0.301. The molecule has 0 fully saturated rings. The van der Waals surface area contributed by atoms with Gasteiger partial charge in [-0.15, -0.1) is 0 Å². The molecule has 0 atom stereocenters. The molecule has 0 aliphatic carbocycles. The number of rotatable bonds is 6. The zero-order chi connectivity index (χ0) is 12.0. The molecule has 16 heavy (non-hydrogen) atoms. The Kier molecular flexibility index (Phi) is 4.98. The van der Waals surface area contributed by atoms with Crippen molar-refractivity contribution in [1.29, 1.82) is 0 Å². The van der Waals surface area contributed by atoms with Crippen LogP contribution in [0.2, 0.25) is 0 Å². The van der Waals surface area contributed by atoms with Gasteiger partial charge in [0.05, 0.1) is 18.6 Å². The molecule has 1 aromatic heterocycles. The van der Waals surface area contributed by atoms with E-state index in [1.54, 1.807) is 13.3 Å². The van der Waals surface area contributed by atoms with Crippen LogP contribution in [0, 0.1) is 6.92 Å². The van der Waals surface area contributed by atoms with E-state index in [1.165, 1.54) is 0 Å². The third kappa shape index (κ3) is 3.06. The zero-order valence-corrected chi connectivity index (χ0v) is 9.90. The molecule has 1 aromatic rings. The van der Waals surface area contributed by atoms with Gasteiger partial charge in [-0.25, -0.2) is 9.78 Å². The quantitative estimate of drug-likeness (QED) is 0.581. The van der Waals surface area contributed by atoms with Gasteiger partial charge in [0.1, 0.15) is 5.69 Å². The number of aryl methyl sites for hydroxylation is 2. The fraction of sp³-hybridized carbons (Fsp3) is 0.636. The van der Waals surface area contributed by atoms with Crippen LogP contribution in [0.3, 0.4) is 0 Å². The van der Waals surface area contributed by atoms with Crippen molar-refractivity contribution in [2.45, 2.75) is 33.2 Å². The number of hydrogen-bond acceptors (Lipinski definition) is 4. The van der Waals surface area contributed by atoms with Gasteiger partial charge < -0.3 is 15.0 Å². The molecule has 0 aromatic carbocycles. The fourth-order valence-corrected chi connectivity index (χ4v) is 1.54. The summed E-state index contributed by atoms with van der Waals surface area (Å²) in [5, 5.41) is 0. The summed E-state index contributed by atoms with van der Waals surface area (Å²) in [6, 6.07) is 0. The first-order valence-corrected chi connectivity index (χ1v) is 5.59. The molecule has 5 nitrogen and oxygen atoms in total. The van der Waals surface area contributed by atoms with E-state index in [-0.39, 0.29) is 5.97 Å². The number of carbonyl (C=O) groups is 1. The van der Waals surface area contributed by atoms with Crippen LogP contribution in [0.25, 0.3) is 0 Å². The normalized spacial score (nSPS) is 10.4. The molecule has 0 saturated carbocycles. The Bertz CT molecular complexity index is 347. The lowest BCUT2D eigenvalue weighted by Crippen LogP contribution is -2.13. The molecule has 0 spiro atoms. The van der Waals surface area contributed by atoms with Crippen molar-refractivity contribution in [2.75, 3.05) is 13.2 Å². The van der Waals surface area contributed by atoms with E-state index < -0.39 is 0 Å². The van der Waals surface area contributed by atoms with Gasteiger partial charge in [0, 0.05) is 6.54 Å². The summed E-state index contributed by atoms with van der Waals surface area (Å²) in [7, 11) is 0. The number of hydrogen-bond donors (Lipinski definition) is 1. The van der Waals surface area contributed by atoms with Gasteiger partial charge in [-0.05, 0) is 33.2 Å². The second kappa shape index (κ2) is 6.27. The molecule has 2 N–H and O–H groups in total. The Labute approximate surface area is 95.6 Å². The molecule has 0 radical (unpaired) electrons. The highest BCUT2D eigenvalue weighted by molar-refractivity contribution is 5.88. The standard InChI is InChI=1S/C11H19N3O2/c1-3-16-11(15)10-9(2)13-8-14(10)7-5-4-6-12/h8H,3-7,12H2,1-2H3. The van der Waals surface area contributed by atoms with Gasteiger partial charge in [-0.1, -0.05) is 0 Å². The maximum atomic E-state index is 11.7. The second-order valence-electron chi connectivity index (χ2n) is 3.59. The SMILES string of the molecule is CCOC(=O)c1c(C)ncn1CCCCN. The molecule has 1 heterocycles. The average Bonchev–Trinajstić information content (AvgIpc) is 2.61. The summed E-state index contributed by atoms with van der Waals surface area (Å²) >= 11 is 0. The lowest BCUT2D eigenvalue weighted by molar-refractivity contribution is 0.0512. The molecule has 0 bridgehead atoms. The average molecular weight is 225 g/mol. The lowest BCUT2D eigenvalue weighted by Gasteiger charge is -2.07. The predicted octanol–water partition coefficient (Wildman–Crippen LogP) is 1.11. The van der Waals surface area contributed by atoms with Gasteiger partial charge >= 0.3 is 5.97 Å². The molecule has 90 valence electrons. The van der Waals surface area contributed by atoms with Crippen LogP contribution in [-0.4, -0.2) is 28.7 Å². The van der Waals surface area contributed by atoms with Gasteiger partial charge in [0.2, 0.25) is 0 Å². The third-order valence-corrected chi connectivity index (χ3v) is 2.34. The van der Waals surface area contributed by atoms with Gasteiger partial charge in [0.25, 0.3) is 0 Å². The van der Waals surface area contributed by atoms with Crippen LogP contribution < -0.4 is 5.73 Å². The Morgan fingerprint density at radius 2 is 2.31 bits per heavy atom. The van der Waals surface area contributed by atoms with Crippen LogP contribution in [0.5, 0.6) is 0 Å². The number of esters is 1. The first-order chi connectivity index (χ1) is 7.70. The molecular weight excluding hydrogens is 206 g/mol. The maximum Gasteiger partial charge on any atom is 0.356 e. The van der Waals surface area contributed by atoms with Crippen molar-refractivity contribution >= 4 is 5.97 Å². The van der Waals surface area contributed by atoms with Gasteiger partial charge in [-0.2, -0.15) is 0 Å². The first-order valence-electron chi connectivity index (χ1n) is 5.59. The predicted molar refractivity (Wildman–Crippen MR) is 61.2 cm³/mol. The maximum absolute atomic E-state index is 11.7. The van der Waals surface area contributed by atoms with Crippen LogP contribution in [0.1, 0.15) is 35.9 Å². The highest BCUT2D eigenvalue weighted by atomic mass is 16.5. The number of unbranched alkanes of at least 4 members (excludes halogenated alkanes) is 1. The Hall–Kier alpha value is -1.36. The number of imidazole rings is 1. The summed E-state index contributed by atoms with van der Waals surface area (Å²) in [5.41, 5.74) is 6.70. The summed E-state index contributed by atoms with van der Waals surface area (Å²) in [6.45, 7) is 5.41. The number of nitrogens with zero attached hydrogens (tertiary/aromatic N) is 2. The van der Waals surface area contributed by atoms with Crippen molar-refractivity contribution in [3.8, 4) is 0 Å². The van der Waals surface area contributed by atoms with Gasteiger partial charge in [-0.3, -0.25) is 0 Å².